The van der Waals surface area contributed by atoms with Crippen molar-refractivity contribution >= 4 is 27.7 Å². The lowest BCUT2D eigenvalue weighted by molar-refractivity contribution is 0.0697. The Labute approximate surface area is 112 Å². The van der Waals surface area contributed by atoms with Crippen molar-refractivity contribution in [2.75, 3.05) is 5.32 Å². The molecule has 0 atom stereocenters. The molecule has 0 fully saturated rings. The quantitative estimate of drug-likeness (QED) is 0.908. The van der Waals surface area contributed by atoms with Crippen molar-refractivity contribution < 1.29 is 9.90 Å². The van der Waals surface area contributed by atoms with Gasteiger partial charge in [-0.25, -0.2) is 14.8 Å². The molecule has 0 bridgehead atoms. The van der Waals surface area contributed by atoms with Crippen molar-refractivity contribution in [2.45, 2.75) is 6.54 Å². The Morgan fingerprint density at radius 1 is 1.39 bits per heavy atom. The van der Waals surface area contributed by atoms with Crippen LogP contribution in [-0.2, 0) is 6.54 Å². The number of benzene rings is 1. The zero-order chi connectivity index (χ0) is 13.0. The van der Waals surface area contributed by atoms with Crippen molar-refractivity contribution in [1.29, 1.82) is 0 Å². The Bertz CT molecular complexity index is 575. The summed E-state index contributed by atoms with van der Waals surface area (Å²) >= 11 is 3.43. The van der Waals surface area contributed by atoms with Crippen LogP contribution in [0.1, 0.15) is 15.9 Å². The summed E-state index contributed by atoms with van der Waals surface area (Å²) in [6.45, 7) is 0.485. The van der Waals surface area contributed by atoms with Gasteiger partial charge < -0.3 is 10.4 Å². The summed E-state index contributed by atoms with van der Waals surface area (Å²) in [5.74, 6) is -0.738. The Kier molecular flexibility index (Phi) is 3.88. The summed E-state index contributed by atoms with van der Waals surface area (Å²) in [5.41, 5.74) is 1.08. The van der Waals surface area contributed by atoms with Crippen LogP contribution in [-0.4, -0.2) is 21.0 Å². The second-order valence-electron chi connectivity index (χ2n) is 3.54. The van der Waals surface area contributed by atoms with Gasteiger partial charge in [0.2, 0.25) is 0 Å². The fraction of sp³-hybridized carbons (Fsp3) is 0.0833. The first-order valence-corrected chi connectivity index (χ1v) is 5.98. The molecule has 18 heavy (non-hydrogen) atoms. The average molecular weight is 308 g/mol. The third-order valence-electron chi connectivity index (χ3n) is 2.35. The fourth-order valence-corrected chi connectivity index (χ4v) is 1.87. The minimum absolute atomic E-state index is 0.0598. The molecule has 2 N–H and O–H groups in total. The molecule has 0 saturated heterocycles. The molecular formula is C12H10BrN3O2. The molecule has 0 aliphatic rings. The molecule has 0 amide bonds. The minimum atomic E-state index is -1.05. The van der Waals surface area contributed by atoms with Gasteiger partial charge in [-0.1, -0.05) is 34.1 Å². The number of anilines is 1. The van der Waals surface area contributed by atoms with E-state index < -0.39 is 5.97 Å². The predicted octanol–water partition coefficient (Wildman–Crippen LogP) is 2.55. The van der Waals surface area contributed by atoms with Crippen molar-refractivity contribution in [3.63, 3.8) is 0 Å². The van der Waals surface area contributed by atoms with Gasteiger partial charge in [0.15, 0.2) is 0 Å². The van der Waals surface area contributed by atoms with E-state index in [9.17, 15) is 4.79 Å². The number of carboxylic acid groups (broad SMARTS) is 1. The molecule has 0 unspecified atom stereocenters. The van der Waals surface area contributed by atoms with E-state index in [1.54, 1.807) is 0 Å². The van der Waals surface area contributed by atoms with Crippen LogP contribution in [0.15, 0.2) is 41.3 Å². The molecule has 92 valence electrons. The van der Waals surface area contributed by atoms with E-state index in [1.165, 1.54) is 12.5 Å². The normalized spacial score (nSPS) is 10.1. The first-order valence-electron chi connectivity index (χ1n) is 5.19. The van der Waals surface area contributed by atoms with E-state index in [4.69, 9.17) is 5.11 Å². The SMILES string of the molecule is O=C(O)c1cncnc1NCc1ccccc1Br. The van der Waals surface area contributed by atoms with Crippen LogP contribution in [0, 0.1) is 0 Å². The van der Waals surface area contributed by atoms with Crippen molar-refractivity contribution in [3.05, 3.63) is 52.4 Å². The van der Waals surface area contributed by atoms with Gasteiger partial charge >= 0.3 is 5.97 Å². The Morgan fingerprint density at radius 3 is 2.89 bits per heavy atom. The number of aromatic carboxylic acids is 1. The third kappa shape index (κ3) is 2.84. The lowest BCUT2D eigenvalue weighted by Gasteiger charge is -2.08. The lowest BCUT2D eigenvalue weighted by Crippen LogP contribution is -2.09. The molecule has 6 heteroatoms. The number of carboxylic acids is 1. The van der Waals surface area contributed by atoms with Gasteiger partial charge in [-0.2, -0.15) is 0 Å². The van der Waals surface area contributed by atoms with E-state index in [-0.39, 0.29) is 5.56 Å². The van der Waals surface area contributed by atoms with E-state index >= 15 is 0 Å². The zero-order valence-electron chi connectivity index (χ0n) is 9.30. The molecule has 1 heterocycles. The van der Waals surface area contributed by atoms with Crippen LogP contribution in [0.5, 0.6) is 0 Å². The fourth-order valence-electron chi connectivity index (χ4n) is 1.45. The summed E-state index contributed by atoms with van der Waals surface area (Å²) in [4.78, 5) is 18.6. The molecular weight excluding hydrogens is 298 g/mol. The van der Waals surface area contributed by atoms with Gasteiger partial charge in [0.05, 0.1) is 0 Å². The highest BCUT2D eigenvalue weighted by Crippen LogP contribution is 2.18. The first-order chi connectivity index (χ1) is 8.68. The monoisotopic (exact) mass is 307 g/mol. The molecule has 5 nitrogen and oxygen atoms in total. The van der Waals surface area contributed by atoms with E-state index in [2.05, 4.69) is 31.2 Å². The summed E-state index contributed by atoms with van der Waals surface area (Å²) in [7, 11) is 0. The molecule has 0 saturated carbocycles. The van der Waals surface area contributed by atoms with Gasteiger partial charge in [-0.3, -0.25) is 0 Å². The highest BCUT2D eigenvalue weighted by atomic mass is 79.9. The first kappa shape index (κ1) is 12.5. The maximum absolute atomic E-state index is 11.0. The number of hydrogen-bond donors (Lipinski definition) is 2. The van der Waals surface area contributed by atoms with Gasteiger partial charge in [0, 0.05) is 17.2 Å². The van der Waals surface area contributed by atoms with E-state index in [0.717, 1.165) is 10.0 Å². The Balaban J connectivity index is 2.16. The molecule has 0 aliphatic heterocycles. The van der Waals surface area contributed by atoms with E-state index in [1.807, 2.05) is 24.3 Å². The number of aromatic nitrogens is 2. The van der Waals surface area contributed by atoms with Crippen LogP contribution >= 0.6 is 15.9 Å². The number of rotatable bonds is 4. The van der Waals surface area contributed by atoms with Gasteiger partial charge in [0.25, 0.3) is 0 Å². The van der Waals surface area contributed by atoms with Gasteiger partial charge in [-0.15, -0.1) is 0 Å². The maximum atomic E-state index is 11.0. The van der Waals surface area contributed by atoms with Gasteiger partial charge in [0.1, 0.15) is 17.7 Å². The molecule has 2 aromatic rings. The standard InChI is InChI=1S/C12H10BrN3O2/c13-10-4-2-1-3-8(10)5-15-11-9(12(17)18)6-14-7-16-11/h1-4,6-7H,5H2,(H,17,18)(H,14,15,16). The number of carbonyl (C=O) groups is 1. The average Bonchev–Trinajstić information content (AvgIpc) is 2.38. The molecule has 1 aromatic heterocycles. The molecule has 0 aliphatic carbocycles. The minimum Gasteiger partial charge on any atom is -0.477 e. The van der Waals surface area contributed by atoms with Crippen LogP contribution in [0.25, 0.3) is 0 Å². The number of nitrogens with zero attached hydrogens (tertiary/aromatic N) is 2. The summed E-state index contributed by atoms with van der Waals surface area (Å²) in [5, 5.41) is 12.0. The number of nitrogens with one attached hydrogen (secondary N) is 1. The summed E-state index contributed by atoms with van der Waals surface area (Å²) in [6, 6.07) is 7.70. The van der Waals surface area contributed by atoms with Crippen LogP contribution < -0.4 is 5.32 Å². The Morgan fingerprint density at radius 2 is 2.17 bits per heavy atom. The molecule has 2 rings (SSSR count). The number of halogens is 1. The highest BCUT2D eigenvalue weighted by Gasteiger charge is 2.11. The predicted molar refractivity (Wildman–Crippen MR) is 70.5 cm³/mol. The van der Waals surface area contributed by atoms with Crippen LogP contribution in [0.4, 0.5) is 5.82 Å². The summed E-state index contributed by atoms with van der Waals surface area (Å²) < 4.78 is 0.962. The Hall–Kier alpha value is -1.95. The van der Waals surface area contributed by atoms with Crippen LogP contribution in [0.2, 0.25) is 0 Å². The molecule has 1 aromatic carbocycles. The second kappa shape index (κ2) is 5.59. The van der Waals surface area contributed by atoms with Crippen molar-refractivity contribution in [2.24, 2.45) is 0 Å². The largest absolute Gasteiger partial charge is 0.477 e. The maximum Gasteiger partial charge on any atom is 0.341 e. The molecule has 0 spiro atoms. The number of hydrogen-bond acceptors (Lipinski definition) is 4. The molecule has 0 radical (unpaired) electrons. The third-order valence-corrected chi connectivity index (χ3v) is 3.12. The van der Waals surface area contributed by atoms with Crippen molar-refractivity contribution in [3.8, 4) is 0 Å². The lowest BCUT2D eigenvalue weighted by atomic mass is 10.2. The van der Waals surface area contributed by atoms with Gasteiger partial charge in [-0.05, 0) is 11.6 Å². The zero-order valence-corrected chi connectivity index (χ0v) is 10.9. The smallest absolute Gasteiger partial charge is 0.341 e. The van der Waals surface area contributed by atoms with E-state index in [0.29, 0.717) is 12.4 Å². The van der Waals surface area contributed by atoms with Crippen LogP contribution in [0.3, 0.4) is 0 Å². The topological polar surface area (TPSA) is 75.1 Å². The van der Waals surface area contributed by atoms with Crippen molar-refractivity contribution in [1.82, 2.24) is 9.97 Å². The highest BCUT2D eigenvalue weighted by molar-refractivity contribution is 9.10. The summed E-state index contributed by atoms with van der Waals surface area (Å²) in [6.07, 6.45) is 2.59. The second-order valence-corrected chi connectivity index (χ2v) is 4.39.